The molecule has 4 fully saturated rings. The molecule has 30 heavy (non-hydrogen) atoms. The molecule has 1 spiro atoms. The first-order valence-corrected chi connectivity index (χ1v) is 13.3. The van der Waals surface area contributed by atoms with Gasteiger partial charge in [-0.15, -0.1) is 0 Å². The van der Waals surface area contributed by atoms with Gasteiger partial charge in [0.15, 0.2) is 21.2 Å². The third kappa shape index (κ3) is 1.89. The molecule has 1 aromatic rings. The summed E-state index contributed by atoms with van der Waals surface area (Å²) in [6, 6.07) is 7.53. The molecule has 5 aliphatic rings. The van der Waals surface area contributed by atoms with Gasteiger partial charge in [0, 0.05) is 12.5 Å². The quantitative estimate of drug-likeness (QED) is 0.667. The Bertz CT molecular complexity index is 1160. The summed E-state index contributed by atoms with van der Waals surface area (Å²) < 4.78 is 11.0. The smallest absolute Gasteiger partial charge is 0.261 e. The van der Waals surface area contributed by atoms with Gasteiger partial charge in [-0.3, -0.25) is 9.59 Å². The van der Waals surface area contributed by atoms with E-state index in [0.717, 1.165) is 18.4 Å². The second kappa shape index (κ2) is 5.64. The normalized spacial score (nSPS) is 40.7. The molecule has 0 radical (unpaired) electrons. The molecule has 156 valence electrons. The van der Waals surface area contributed by atoms with Gasteiger partial charge >= 0.3 is 0 Å². The highest BCUT2D eigenvalue weighted by molar-refractivity contribution is 8.49. The molecule has 1 aromatic carbocycles. The van der Waals surface area contributed by atoms with E-state index in [9.17, 15) is 14.9 Å². The van der Waals surface area contributed by atoms with Gasteiger partial charge in [0.1, 0.15) is 0 Å². The highest BCUT2D eigenvalue weighted by atomic mass is 33.1. The lowest BCUT2D eigenvalue weighted by molar-refractivity contribution is -0.161. The van der Waals surface area contributed by atoms with Gasteiger partial charge in [-0.2, -0.15) is 5.26 Å². The molecule has 3 saturated heterocycles. The molecular weight excluding hydrogens is 442 g/mol. The number of nitriles is 1. The van der Waals surface area contributed by atoms with Gasteiger partial charge in [0.05, 0.1) is 17.5 Å². The van der Waals surface area contributed by atoms with E-state index < -0.39 is 30.7 Å². The van der Waals surface area contributed by atoms with E-state index in [1.807, 2.05) is 30.9 Å². The summed E-state index contributed by atoms with van der Waals surface area (Å²) in [6.45, 7) is 3.87. The third-order valence-corrected chi connectivity index (χ3v) is 12.9. The van der Waals surface area contributed by atoms with Crippen LogP contribution in [0, 0.1) is 16.7 Å². The zero-order chi connectivity index (χ0) is 21.1. The van der Waals surface area contributed by atoms with Crippen molar-refractivity contribution in [2.24, 2.45) is 5.41 Å². The maximum Gasteiger partial charge on any atom is 0.261 e. The average molecular weight is 462 g/mol. The maximum absolute atomic E-state index is 14.0. The van der Waals surface area contributed by atoms with Crippen LogP contribution in [-0.4, -0.2) is 44.2 Å². The average Bonchev–Trinajstić information content (AvgIpc) is 3.25. The van der Waals surface area contributed by atoms with Crippen molar-refractivity contribution in [1.82, 2.24) is 9.80 Å². The number of carbonyl (C=O) groups is 2. The molecule has 6 rings (SSSR count). The van der Waals surface area contributed by atoms with Crippen molar-refractivity contribution in [1.29, 1.82) is 5.26 Å². The summed E-state index contributed by atoms with van der Waals surface area (Å²) in [4.78, 5) is 29.4. The molecule has 10 heteroatoms. The maximum atomic E-state index is 14.0. The first kappa shape index (κ1) is 18.8. The number of hydrogen-bond acceptors (Lipinski definition) is 6. The molecule has 4 heterocycles. The van der Waals surface area contributed by atoms with Gasteiger partial charge in [-0.1, -0.05) is 6.07 Å². The van der Waals surface area contributed by atoms with Crippen LogP contribution < -0.4 is 9.47 Å². The third-order valence-electron chi connectivity index (χ3n) is 7.10. The topological polar surface area (TPSA) is 82.9 Å². The minimum Gasteiger partial charge on any atom is -0.454 e. The summed E-state index contributed by atoms with van der Waals surface area (Å²) in [7, 11) is 0.454. The molecule has 2 bridgehead atoms. The Kier molecular flexibility index (Phi) is 3.53. The van der Waals surface area contributed by atoms with Crippen molar-refractivity contribution in [2.75, 3.05) is 6.79 Å². The van der Waals surface area contributed by atoms with Crippen LogP contribution in [0.3, 0.4) is 0 Å². The zero-order valence-electron chi connectivity index (χ0n) is 16.4. The summed E-state index contributed by atoms with van der Waals surface area (Å²) in [5.41, 5.74) is -0.135. The van der Waals surface area contributed by atoms with Crippen molar-refractivity contribution < 1.29 is 19.1 Å². The molecule has 0 aromatic heterocycles. The zero-order valence-corrected chi connectivity index (χ0v) is 18.9. The molecule has 1 aliphatic carbocycles. The van der Waals surface area contributed by atoms with E-state index in [-0.39, 0.29) is 24.6 Å². The number of fused-ring (bicyclic) bond motifs is 2. The van der Waals surface area contributed by atoms with Crippen molar-refractivity contribution in [3.05, 3.63) is 23.8 Å². The number of piperazine rings is 1. The Labute approximate surface area is 183 Å². The summed E-state index contributed by atoms with van der Waals surface area (Å²) in [5, 5.41) is 10.2. The fourth-order valence-electron chi connectivity index (χ4n) is 5.74. The summed E-state index contributed by atoms with van der Waals surface area (Å²) >= 11 is 5.45. The molecule has 0 N–H and O–H groups in total. The number of ether oxygens (including phenoxy) is 2. The van der Waals surface area contributed by atoms with Gasteiger partial charge in [-0.25, -0.2) is 0 Å². The number of carbonyl (C=O) groups excluding carboxylic acids is 2. The van der Waals surface area contributed by atoms with Gasteiger partial charge in [0.25, 0.3) is 11.8 Å². The summed E-state index contributed by atoms with van der Waals surface area (Å²) in [5.74, 6) is 1.12. The SMILES string of the molecule is C[C@]1(C#N)CC23C(=O)N(C4CC4)[C@@](C)(C(=O)N2[C@H]1c1ccc2c(c1)OCO2)[S@@]3=S=S. The van der Waals surface area contributed by atoms with Crippen LogP contribution in [0.5, 0.6) is 11.5 Å². The van der Waals surface area contributed by atoms with E-state index in [4.69, 9.17) is 20.7 Å². The van der Waals surface area contributed by atoms with E-state index in [1.54, 1.807) is 11.0 Å². The Balaban J connectivity index is 1.58. The molecule has 1 unspecified atom stereocenters. The van der Waals surface area contributed by atoms with Crippen LogP contribution in [0.2, 0.25) is 0 Å². The van der Waals surface area contributed by atoms with Crippen molar-refractivity contribution >= 4 is 41.3 Å². The van der Waals surface area contributed by atoms with Gasteiger partial charge in [-0.05, 0) is 73.9 Å². The first-order chi connectivity index (χ1) is 14.3. The predicted molar refractivity (Wildman–Crippen MR) is 114 cm³/mol. The minimum atomic E-state index is -1.05. The molecule has 1 saturated carbocycles. The number of benzene rings is 1. The molecular formula is C20H19N3O4S3. The number of amides is 2. The number of hydrogen-bond donors (Lipinski definition) is 0. The van der Waals surface area contributed by atoms with Crippen LogP contribution >= 0.6 is 0 Å². The van der Waals surface area contributed by atoms with Crippen molar-refractivity contribution in [3.63, 3.8) is 0 Å². The molecule has 7 nitrogen and oxygen atoms in total. The lowest BCUT2D eigenvalue weighted by atomic mass is 9.79. The lowest BCUT2D eigenvalue weighted by Gasteiger charge is -2.41. The molecule has 4 aliphatic heterocycles. The minimum absolute atomic E-state index is 0.0301. The standard InChI is InChI=1S/C20H19N3O4S3/c1-18(9-21)8-20-17(25)22(12-4-5-12)19(2,30(20)29-28)16(24)23(20)15(18)11-3-6-13-14(7-11)27-10-26-13/h3,6-7,12,15H,4-5,8,10H2,1-2H3/t15-,18+,19+,20?,30-/m0/s1. The van der Waals surface area contributed by atoms with E-state index in [1.165, 1.54) is 8.88 Å². The highest BCUT2D eigenvalue weighted by Gasteiger charge is 2.82. The van der Waals surface area contributed by atoms with E-state index >= 15 is 0 Å². The molecule has 2 amide bonds. The fraction of sp³-hybridized carbons (Fsp3) is 0.550. The Hall–Kier alpha value is -1.96. The lowest BCUT2D eigenvalue weighted by Crippen LogP contribution is -2.62. The number of rotatable bonds is 2. The Morgan fingerprint density at radius 1 is 1.20 bits per heavy atom. The molecule has 5 atom stereocenters. The predicted octanol–water partition coefficient (Wildman–Crippen LogP) is 1.73. The van der Waals surface area contributed by atoms with Crippen LogP contribution in [0.4, 0.5) is 0 Å². The second-order valence-electron chi connectivity index (χ2n) is 8.91. The number of nitrogens with zero attached hydrogens (tertiary/aromatic N) is 3. The van der Waals surface area contributed by atoms with Gasteiger partial charge < -0.3 is 19.3 Å². The van der Waals surface area contributed by atoms with Crippen LogP contribution in [0.25, 0.3) is 0 Å². The van der Waals surface area contributed by atoms with Crippen LogP contribution in [0.1, 0.15) is 44.7 Å². The monoisotopic (exact) mass is 461 g/mol. The fourth-order valence-corrected chi connectivity index (χ4v) is 12.4. The van der Waals surface area contributed by atoms with E-state index in [2.05, 4.69) is 6.07 Å². The Morgan fingerprint density at radius 3 is 2.60 bits per heavy atom. The highest BCUT2D eigenvalue weighted by Crippen LogP contribution is 2.66. The largest absolute Gasteiger partial charge is 0.454 e. The Morgan fingerprint density at radius 2 is 1.93 bits per heavy atom. The summed E-state index contributed by atoms with van der Waals surface area (Å²) in [6.07, 6.45) is 2.14. The van der Waals surface area contributed by atoms with E-state index in [0.29, 0.717) is 17.9 Å². The first-order valence-electron chi connectivity index (χ1n) is 9.86. The second-order valence-corrected chi connectivity index (χ2v) is 13.7. The van der Waals surface area contributed by atoms with Crippen LogP contribution in [-0.2, 0) is 39.1 Å². The van der Waals surface area contributed by atoms with Crippen molar-refractivity contribution in [3.8, 4) is 17.6 Å². The van der Waals surface area contributed by atoms with Crippen LogP contribution in [0.15, 0.2) is 18.2 Å². The van der Waals surface area contributed by atoms with Gasteiger partial charge in [0.2, 0.25) is 6.79 Å². The van der Waals surface area contributed by atoms with Crippen molar-refractivity contribution in [2.45, 2.75) is 54.9 Å².